The molecule has 0 fully saturated rings. The molecule has 1 aromatic carbocycles. The monoisotopic (exact) mass is 432 g/mol. The Labute approximate surface area is 174 Å². The minimum Gasteiger partial charge on any atom is -0.290 e. The highest BCUT2D eigenvalue weighted by molar-refractivity contribution is 7.98. The number of halogens is 2. The minimum atomic E-state index is -2.65. The van der Waals surface area contributed by atoms with E-state index in [0.717, 1.165) is 21.3 Å². The Morgan fingerprint density at radius 1 is 1.24 bits per heavy atom. The number of aromatic nitrogens is 4. The molecule has 150 valence electrons. The second-order valence-corrected chi connectivity index (χ2v) is 8.50. The highest BCUT2D eigenvalue weighted by Crippen LogP contribution is 2.33. The predicted octanol–water partition coefficient (Wildman–Crippen LogP) is 5.16. The summed E-state index contributed by atoms with van der Waals surface area (Å²) < 4.78 is 28.3. The van der Waals surface area contributed by atoms with Gasteiger partial charge in [-0.3, -0.25) is 13.9 Å². The third kappa shape index (κ3) is 3.60. The van der Waals surface area contributed by atoms with Crippen LogP contribution in [0.3, 0.4) is 0 Å². The van der Waals surface area contributed by atoms with Crippen molar-refractivity contribution in [2.24, 2.45) is 7.05 Å². The second-order valence-electron chi connectivity index (χ2n) is 6.70. The van der Waals surface area contributed by atoms with E-state index < -0.39 is 6.55 Å². The summed E-state index contributed by atoms with van der Waals surface area (Å²) in [5, 5.41) is 3.00. The molecule has 4 rings (SSSR count). The lowest BCUT2D eigenvalue weighted by Crippen LogP contribution is -2.19. The van der Waals surface area contributed by atoms with Gasteiger partial charge in [0.05, 0.1) is 11.1 Å². The standard InChI is InChI=1S/C20H18F2N4OS2/c1-11-4-5-13(8-12(11)2)14-9-28-17-16(14)18(27)25(3)20(24-17)29-10-15-23-6-7-26(15)19(21)22/h4-9,19H,10H2,1-3H3. The van der Waals surface area contributed by atoms with Gasteiger partial charge in [-0.2, -0.15) is 8.78 Å². The van der Waals surface area contributed by atoms with E-state index in [-0.39, 0.29) is 17.1 Å². The van der Waals surface area contributed by atoms with E-state index >= 15 is 0 Å². The van der Waals surface area contributed by atoms with Crippen LogP contribution in [0, 0.1) is 13.8 Å². The molecular weight excluding hydrogens is 414 g/mol. The number of rotatable bonds is 5. The van der Waals surface area contributed by atoms with E-state index in [1.54, 1.807) is 7.05 Å². The molecule has 0 saturated carbocycles. The summed E-state index contributed by atoms with van der Waals surface area (Å²) in [5.74, 6) is 0.430. The van der Waals surface area contributed by atoms with Gasteiger partial charge in [0, 0.05) is 30.4 Å². The van der Waals surface area contributed by atoms with Crippen LogP contribution in [0.1, 0.15) is 23.5 Å². The zero-order valence-electron chi connectivity index (χ0n) is 16.0. The summed E-state index contributed by atoms with van der Waals surface area (Å²) in [6.45, 7) is 1.45. The number of hydrogen-bond acceptors (Lipinski definition) is 5. The summed E-state index contributed by atoms with van der Waals surface area (Å²) in [5.41, 5.74) is 4.06. The maximum absolute atomic E-state index is 13.1. The van der Waals surface area contributed by atoms with Crippen molar-refractivity contribution < 1.29 is 8.78 Å². The summed E-state index contributed by atoms with van der Waals surface area (Å²) in [6.07, 6.45) is 2.58. The largest absolute Gasteiger partial charge is 0.319 e. The predicted molar refractivity (Wildman–Crippen MR) is 113 cm³/mol. The van der Waals surface area contributed by atoms with Gasteiger partial charge in [-0.15, -0.1) is 11.3 Å². The molecule has 3 aromatic heterocycles. The lowest BCUT2D eigenvalue weighted by Gasteiger charge is -2.09. The quantitative estimate of drug-likeness (QED) is 0.323. The van der Waals surface area contributed by atoms with Gasteiger partial charge in [-0.05, 0) is 30.5 Å². The molecule has 9 heteroatoms. The molecule has 0 bridgehead atoms. The van der Waals surface area contributed by atoms with E-state index in [4.69, 9.17) is 0 Å². The maximum Gasteiger partial charge on any atom is 0.319 e. The molecule has 29 heavy (non-hydrogen) atoms. The Kier molecular flexibility index (Phi) is 5.26. The second kappa shape index (κ2) is 7.72. The summed E-state index contributed by atoms with van der Waals surface area (Å²) in [6, 6.07) is 6.13. The highest BCUT2D eigenvalue weighted by atomic mass is 32.2. The van der Waals surface area contributed by atoms with E-state index in [9.17, 15) is 13.6 Å². The first-order valence-corrected chi connectivity index (χ1v) is 10.7. The van der Waals surface area contributed by atoms with Gasteiger partial charge in [0.25, 0.3) is 5.56 Å². The van der Waals surface area contributed by atoms with Crippen LogP contribution in [0.2, 0.25) is 0 Å². The highest BCUT2D eigenvalue weighted by Gasteiger charge is 2.17. The van der Waals surface area contributed by atoms with Crippen molar-refractivity contribution >= 4 is 33.3 Å². The number of alkyl halides is 2. The maximum atomic E-state index is 13.1. The van der Waals surface area contributed by atoms with Crippen molar-refractivity contribution in [1.82, 2.24) is 19.1 Å². The van der Waals surface area contributed by atoms with Gasteiger partial charge in [0.2, 0.25) is 0 Å². The molecule has 0 spiro atoms. The molecule has 0 unspecified atom stereocenters. The van der Waals surface area contributed by atoms with Crippen LogP contribution in [0.15, 0.2) is 45.9 Å². The van der Waals surface area contributed by atoms with Crippen LogP contribution in [0.25, 0.3) is 21.3 Å². The number of benzene rings is 1. The molecule has 0 aliphatic carbocycles. The summed E-state index contributed by atoms with van der Waals surface area (Å²) in [4.78, 5) is 22.3. The molecule has 0 atom stereocenters. The normalized spacial score (nSPS) is 11.7. The molecule has 0 radical (unpaired) electrons. The van der Waals surface area contributed by atoms with Crippen LogP contribution in [-0.2, 0) is 12.8 Å². The molecule has 0 amide bonds. The molecule has 0 saturated heterocycles. The lowest BCUT2D eigenvalue weighted by molar-refractivity contribution is 0.0678. The van der Waals surface area contributed by atoms with Gasteiger partial charge >= 0.3 is 6.55 Å². The van der Waals surface area contributed by atoms with Crippen molar-refractivity contribution in [3.8, 4) is 11.1 Å². The number of fused-ring (bicyclic) bond motifs is 1. The third-order valence-electron chi connectivity index (χ3n) is 4.88. The Hall–Kier alpha value is -2.52. The van der Waals surface area contributed by atoms with Gasteiger partial charge in [0.1, 0.15) is 10.7 Å². The van der Waals surface area contributed by atoms with Crippen LogP contribution in [-0.4, -0.2) is 19.1 Å². The number of hydrogen-bond donors (Lipinski definition) is 0. The zero-order chi connectivity index (χ0) is 20.7. The summed E-state index contributed by atoms with van der Waals surface area (Å²) >= 11 is 2.63. The average Bonchev–Trinajstić information content (AvgIpc) is 3.32. The number of thioether (sulfide) groups is 1. The Morgan fingerprint density at radius 2 is 2.03 bits per heavy atom. The molecule has 5 nitrogen and oxygen atoms in total. The number of aryl methyl sites for hydroxylation is 2. The van der Waals surface area contributed by atoms with Crippen molar-refractivity contribution in [3.05, 3.63) is 63.3 Å². The fourth-order valence-corrected chi connectivity index (χ4v) is 4.98. The smallest absolute Gasteiger partial charge is 0.290 e. The molecule has 0 aliphatic rings. The Balaban J connectivity index is 1.71. The van der Waals surface area contributed by atoms with E-state index in [2.05, 4.69) is 16.0 Å². The zero-order valence-corrected chi connectivity index (χ0v) is 17.7. The molecule has 3 heterocycles. The molecule has 0 aliphatic heterocycles. The SMILES string of the molecule is Cc1ccc(-c2csc3nc(SCc4nccn4C(F)F)n(C)c(=O)c23)cc1C. The number of nitrogens with zero attached hydrogens (tertiary/aromatic N) is 4. The first-order chi connectivity index (χ1) is 13.9. The molecule has 0 N–H and O–H groups in total. The van der Waals surface area contributed by atoms with Crippen molar-refractivity contribution in [2.45, 2.75) is 31.3 Å². The fourth-order valence-electron chi connectivity index (χ4n) is 3.07. The molecular formula is C20H18F2N4OS2. The van der Waals surface area contributed by atoms with Crippen LogP contribution < -0.4 is 5.56 Å². The van der Waals surface area contributed by atoms with Crippen molar-refractivity contribution in [1.29, 1.82) is 0 Å². The van der Waals surface area contributed by atoms with Crippen LogP contribution >= 0.6 is 23.1 Å². The number of imidazole rings is 1. The van der Waals surface area contributed by atoms with Gasteiger partial charge in [-0.25, -0.2) is 9.97 Å². The van der Waals surface area contributed by atoms with Gasteiger partial charge < -0.3 is 0 Å². The first kappa shape index (κ1) is 19.8. The average molecular weight is 433 g/mol. The minimum absolute atomic E-state index is 0.149. The topological polar surface area (TPSA) is 52.7 Å². The van der Waals surface area contributed by atoms with Crippen molar-refractivity contribution in [3.63, 3.8) is 0 Å². The van der Waals surface area contributed by atoms with Crippen molar-refractivity contribution in [2.75, 3.05) is 0 Å². The van der Waals surface area contributed by atoms with E-state index in [1.807, 2.05) is 31.4 Å². The third-order valence-corrected chi connectivity index (χ3v) is 6.78. The summed E-state index contributed by atoms with van der Waals surface area (Å²) in [7, 11) is 1.65. The van der Waals surface area contributed by atoms with Crippen LogP contribution in [0.5, 0.6) is 0 Å². The Bertz CT molecular complexity index is 1260. The van der Waals surface area contributed by atoms with E-state index in [0.29, 0.717) is 15.4 Å². The first-order valence-electron chi connectivity index (χ1n) is 8.85. The van der Waals surface area contributed by atoms with E-state index in [1.165, 1.54) is 45.6 Å². The van der Waals surface area contributed by atoms with Crippen LogP contribution in [0.4, 0.5) is 8.78 Å². The Morgan fingerprint density at radius 3 is 2.76 bits per heavy atom. The van der Waals surface area contributed by atoms with Gasteiger partial charge in [0.15, 0.2) is 5.16 Å². The fraction of sp³-hybridized carbons (Fsp3) is 0.250. The molecule has 4 aromatic rings. The van der Waals surface area contributed by atoms with Gasteiger partial charge in [-0.1, -0.05) is 30.0 Å². The lowest BCUT2D eigenvalue weighted by atomic mass is 10.0. The number of thiophene rings is 1.